The van der Waals surface area contributed by atoms with Crippen LogP contribution in [0.4, 0.5) is 51.2 Å². The molecule has 0 N–H and O–H groups in total. The molecule has 29 rings (SSSR count). The number of hydrogen-bond acceptors (Lipinski definition) is 6. The molecule has 26 aromatic rings. The molecule has 4 nitrogen and oxygen atoms in total. The quantitative estimate of drug-likeness (QED) is 0.0906. The van der Waals surface area contributed by atoms with Gasteiger partial charge in [-0.3, -0.25) is 0 Å². The third-order valence-corrected chi connectivity index (χ3v) is 32.7. The van der Waals surface area contributed by atoms with Crippen LogP contribution in [0.3, 0.4) is 0 Å². The van der Waals surface area contributed by atoms with E-state index < -0.39 is 16.2 Å². The number of benzene rings is 23. The van der Waals surface area contributed by atoms with E-state index >= 15 is 0 Å². The first-order chi connectivity index (χ1) is 73.0. The fraction of sp³-hybridized carbons (Fsp3) is 0.0213. The summed E-state index contributed by atoms with van der Waals surface area (Å²) in [5, 5.41) is 7.31. The van der Waals surface area contributed by atoms with Gasteiger partial charge in [0.2, 0.25) is 0 Å². The molecule has 23 aromatic carbocycles. The smallest absolute Gasteiger partial charge is 0.137 e. The predicted molar refractivity (Wildman–Crippen MR) is 619 cm³/mol. The highest BCUT2D eigenvalue weighted by molar-refractivity contribution is 7.26. The van der Waals surface area contributed by atoms with E-state index in [1.165, 1.54) is 163 Å². The summed E-state index contributed by atoms with van der Waals surface area (Å²) in [5.41, 5.74) is 38.7. The summed E-state index contributed by atoms with van der Waals surface area (Å²) in [6.07, 6.45) is 0. The Bertz CT molecular complexity index is 8880. The fourth-order valence-corrected chi connectivity index (χ4v) is 26.6. The first kappa shape index (κ1) is 87.7. The molecule has 147 heavy (non-hydrogen) atoms. The summed E-state index contributed by atoms with van der Waals surface area (Å²) < 4.78 is 12.0. The van der Waals surface area contributed by atoms with Gasteiger partial charge in [-0.05, 0) is 239 Å². The molecule has 3 aromatic heterocycles. The molecule has 0 radical (unpaired) electrons. The number of anilines is 9. The summed E-state index contributed by atoms with van der Waals surface area (Å²) in [7, 11) is 0. The average Bonchev–Trinajstić information content (AvgIpc) is 1.54. The first-order valence-corrected chi connectivity index (χ1v) is 52.1. The van der Waals surface area contributed by atoms with Crippen LogP contribution in [0.2, 0.25) is 0 Å². The normalized spacial score (nSPS) is 12.9. The maximum absolute atomic E-state index is 6.86. The first-order valence-electron chi connectivity index (χ1n) is 50.5. The molecular formula is C141H95N3OS2. The lowest BCUT2D eigenvalue weighted by Gasteiger charge is -2.34. The second kappa shape index (κ2) is 36.9. The van der Waals surface area contributed by atoms with Gasteiger partial charge >= 0.3 is 0 Å². The molecule has 0 fully saturated rings. The van der Waals surface area contributed by atoms with E-state index in [0.29, 0.717) is 0 Å². The lowest BCUT2D eigenvalue weighted by atomic mass is 9.67. The van der Waals surface area contributed by atoms with Crippen molar-refractivity contribution in [2.75, 3.05) is 14.7 Å². The molecular weight excluding hydrogens is 1820 g/mol. The van der Waals surface area contributed by atoms with Crippen LogP contribution in [0, 0.1) is 0 Å². The number of para-hydroxylation sites is 6. The topological polar surface area (TPSA) is 22.9 Å². The molecule has 3 aliphatic carbocycles. The lowest BCUT2D eigenvalue weighted by Crippen LogP contribution is -2.28. The van der Waals surface area contributed by atoms with Crippen LogP contribution < -0.4 is 14.7 Å². The number of fused-ring (bicyclic) bond motifs is 18. The van der Waals surface area contributed by atoms with Gasteiger partial charge in [-0.15, -0.1) is 22.7 Å². The molecule has 0 atom stereocenters. The zero-order valence-electron chi connectivity index (χ0n) is 80.4. The van der Waals surface area contributed by atoms with Gasteiger partial charge in [-0.2, -0.15) is 0 Å². The fourth-order valence-electron chi connectivity index (χ4n) is 24.4. The van der Waals surface area contributed by atoms with E-state index in [-0.39, 0.29) is 0 Å². The minimum absolute atomic E-state index is 0.408. The Hall–Kier alpha value is -18.3. The van der Waals surface area contributed by atoms with Crippen molar-refractivity contribution in [1.82, 2.24) is 0 Å². The Balaban J connectivity index is 0.000000109. The van der Waals surface area contributed by atoms with Gasteiger partial charge in [-0.25, -0.2) is 0 Å². The van der Waals surface area contributed by atoms with Crippen molar-refractivity contribution in [3.63, 3.8) is 0 Å². The van der Waals surface area contributed by atoms with Gasteiger partial charge < -0.3 is 19.1 Å². The van der Waals surface area contributed by atoms with Crippen LogP contribution in [-0.4, -0.2) is 0 Å². The third-order valence-electron chi connectivity index (χ3n) is 30.4. The highest BCUT2D eigenvalue weighted by Crippen LogP contribution is 2.62. The van der Waals surface area contributed by atoms with Crippen molar-refractivity contribution in [2.24, 2.45) is 0 Å². The lowest BCUT2D eigenvalue weighted by molar-refractivity contribution is 0.665. The van der Waals surface area contributed by atoms with Crippen molar-refractivity contribution >= 4 is 136 Å². The van der Waals surface area contributed by atoms with Crippen LogP contribution in [0.5, 0.6) is 0 Å². The number of furan rings is 1. The van der Waals surface area contributed by atoms with Gasteiger partial charge in [0.05, 0.1) is 44.4 Å². The maximum atomic E-state index is 6.86. The van der Waals surface area contributed by atoms with E-state index in [0.717, 1.165) is 73.0 Å². The van der Waals surface area contributed by atoms with E-state index in [4.69, 9.17) is 4.42 Å². The summed E-state index contributed by atoms with van der Waals surface area (Å²) in [6.45, 7) is 0. The standard InChI is InChI=1S/C49H33NO.C49H33NS.C43H29NS/c2*1-4-17-34(18-5-1)38-23-12-15-28-44(38)50(37-21-8-3-9-22-37)45-29-16-30-46-48(45)41-32-31-36(33-47(41)51-46)49(35-19-6-2-7-20-35)42-26-13-10-24-39(42)40-25-11-14-27-43(40)49;1-4-14-30(15-5-1)43(39-22-12-10-20-35(39)36-21-11-13-23-40(36)43)31-24-26-41-37(28-31)38-29-34(25-27-42(38)45-41)44(32-16-6-2-7-17-32)33-18-8-3-9-19-33/h2*1-33H;1-29H. The summed E-state index contributed by atoms with van der Waals surface area (Å²) in [6, 6.07) is 210. The van der Waals surface area contributed by atoms with E-state index in [9.17, 15) is 0 Å². The van der Waals surface area contributed by atoms with Gasteiger partial charge in [-0.1, -0.05) is 449 Å². The highest BCUT2D eigenvalue weighted by Gasteiger charge is 2.50. The number of rotatable bonds is 17. The van der Waals surface area contributed by atoms with Gasteiger partial charge in [0, 0.05) is 85.3 Å². The van der Waals surface area contributed by atoms with Crippen molar-refractivity contribution in [3.05, 3.63) is 643 Å². The Morgan fingerprint density at radius 2 is 0.456 bits per heavy atom. The molecule has 3 aliphatic rings. The van der Waals surface area contributed by atoms with Gasteiger partial charge in [0.15, 0.2) is 0 Å². The van der Waals surface area contributed by atoms with E-state index in [2.05, 4.69) is 591 Å². The van der Waals surface area contributed by atoms with Crippen LogP contribution in [0.15, 0.2) is 581 Å². The Morgan fingerprint density at radius 3 is 0.871 bits per heavy atom. The van der Waals surface area contributed by atoms with Crippen molar-refractivity contribution in [2.45, 2.75) is 16.2 Å². The summed E-state index contributed by atoms with van der Waals surface area (Å²) in [4.78, 5) is 7.17. The number of thiophene rings is 2. The molecule has 692 valence electrons. The largest absolute Gasteiger partial charge is 0.456 e. The van der Waals surface area contributed by atoms with Crippen LogP contribution >= 0.6 is 22.7 Å². The third kappa shape index (κ3) is 14.4. The molecule has 0 aliphatic heterocycles. The maximum Gasteiger partial charge on any atom is 0.137 e. The Labute approximate surface area is 863 Å². The zero-order valence-corrected chi connectivity index (χ0v) is 82.0. The average molecular weight is 1910 g/mol. The van der Waals surface area contributed by atoms with Crippen molar-refractivity contribution in [1.29, 1.82) is 0 Å². The monoisotopic (exact) mass is 1910 g/mol. The molecule has 0 saturated heterocycles. The zero-order chi connectivity index (χ0) is 97.4. The van der Waals surface area contributed by atoms with Crippen LogP contribution in [0.1, 0.15) is 66.8 Å². The molecule has 0 bridgehead atoms. The number of nitrogens with zero attached hydrogens (tertiary/aromatic N) is 3. The molecule has 3 heterocycles. The number of hydrogen-bond donors (Lipinski definition) is 0. The second-order valence-corrected chi connectivity index (χ2v) is 40.3. The highest BCUT2D eigenvalue weighted by atomic mass is 32.1. The SMILES string of the molecule is c1ccc(-c2ccccc2N(c2ccccc2)c2cccc3oc4cc(C5(c6ccccc6)c6ccccc6-c6ccccc65)ccc4c23)cc1.c1ccc(-c2ccccc2N(c2ccccc2)c2cccc3sc4cc(C5(c6ccccc6)c6ccccc6-c6ccccc65)ccc4c23)cc1.c1ccc(N(c2ccccc2)c2ccc3sc4ccc(C5(c6ccccc6)c6ccccc6-c6ccccc65)cc4c3c2)cc1. The van der Waals surface area contributed by atoms with Gasteiger partial charge in [0.25, 0.3) is 0 Å². The van der Waals surface area contributed by atoms with Crippen molar-refractivity contribution in [3.8, 4) is 55.6 Å². The predicted octanol–water partition coefficient (Wildman–Crippen LogP) is 38.5. The molecule has 6 heteroatoms. The minimum Gasteiger partial charge on any atom is -0.456 e. The van der Waals surface area contributed by atoms with E-state index in [1.54, 1.807) is 0 Å². The van der Waals surface area contributed by atoms with Crippen LogP contribution in [-0.2, 0) is 16.2 Å². The van der Waals surface area contributed by atoms with Crippen LogP contribution in [0.25, 0.3) is 118 Å². The van der Waals surface area contributed by atoms with Gasteiger partial charge in [0.1, 0.15) is 11.2 Å². The van der Waals surface area contributed by atoms with Crippen molar-refractivity contribution < 1.29 is 4.42 Å². The molecule has 0 unspecified atom stereocenters. The summed E-state index contributed by atoms with van der Waals surface area (Å²) in [5.74, 6) is 0. The molecule has 0 saturated carbocycles. The van der Waals surface area contributed by atoms with E-state index in [1.807, 2.05) is 22.7 Å². The Morgan fingerprint density at radius 1 is 0.156 bits per heavy atom. The molecule has 0 amide bonds. The molecule has 0 spiro atoms. The minimum atomic E-state index is -0.491. The second-order valence-electron chi connectivity index (χ2n) is 38.2. The Kier molecular flexibility index (Phi) is 22.0. The summed E-state index contributed by atoms with van der Waals surface area (Å²) >= 11 is 3.76.